The number of anilines is 1. The minimum Gasteiger partial charge on any atom is -0.399 e. The summed E-state index contributed by atoms with van der Waals surface area (Å²) < 4.78 is 19.1. The first-order chi connectivity index (χ1) is 12.1. The summed E-state index contributed by atoms with van der Waals surface area (Å²) in [6.45, 7) is 1.09. The van der Waals surface area contributed by atoms with Crippen molar-refractivity contribution < 1.29 is 13.9 Å². The first-order valence-electron chi connectivity index (χ1n) is 8.57. The highest BCUT2D eigenvalue weighted by Gasteiger charge is 2.36. The van der Waals surface area contributed by atoms with Crippen LogP contribution in [0.3, 0.4) is 0 Å². The van der Waals surface area contributed by atoms with Crippen molar-refractivity contribution in [2.75, 3.05) is 18.9 Å². The Morgan fingerprint density at radius 1 is 1.15 bits per heavy atom. The molecule has 1 heterocycles. The van der Waals surface area contributed by atoms with Crippen molar-refractivity contribution in [3.05, 3.63) is 65.5 Å². The van der Waals surface area contributed by atoms with E-state index in [4.69, 9.17) is 10.5 Å². The number of ether oxygens (including phenoxy) is 1. The molecule has 1 amide bonds. The van der Waals surface area contributed by atoms with Crippen molar-refractivity contribution in [1.29, 1.82) is 0 Å². The SMILES string of the molecule is Cl.Nc1ccccc1CCC(=O)NC1(c2cccc(F)c2)CCOCC1. The molecule has 0 spiro atoms. The number of nitrogens with one attached hydrogen (secondary N) is 1. The van der Waals surface area contributed by atoms with Crippen LogP contribution in [-0.2, 0) is 21.5 Å². The molecule has 1 aliphatic rings. The Morgan fingerprint density at radius 2 is 1.88 bits per heavy atom. The average Bonchev–Trinajstić information content (AvgIpc) is 2.62. The predicted molar refractivity (Wildman–Crippen MR) is 103 cm³/mol. The molecule has 0 unspecified atom stereocenters. The highest BCUT2D eigenvalue weighted by molar-refractivity contribution is 5.85. The minimum atomic E-state index is -0.570. The van der Waals surface area contributed by atoms with Gasteiger partial charge in [0.05, 0.1) is 5.54 Å². The van der Waals surface area contributed by atoms with Crippen LogP contribution < -0.4 is 11.1 Å². The van der Waals surface area contributed by atoms with E-state index in [0.29, 0.717) is 44.6 Å². The summed E-state index contributed by atoms with van der Waals surface area (Å²) in [5.41, 5.74) is 7.82. The number of carbonyl (C=O) groups excluding carboxylic acids is 1. The van der Waals surface area contributed by atoms with Crippen molar-refractivity contribution in [3.8, 4) is 0 Å². The van der Waals surface area contributed by atoms with Gasteiger partial charge in [-0.05, 0) is 48.6 Å². The Balaban J connectivity index is 0.00000243. The molecule has 1 aliphatic heterocycles. The first-order valence-corrected chi connectivity index (χ1v) is 8.57. The fourth-order valence-electron chi connectivity index (χ4n) is 3.33. The maximum absolute atomic E-state index is 13.7. The molecule has 1 saturated heterocycles. The van der Waals surface area contributed by atoms with Gasteiger partial charge in [-0.1, -0.05) is 30.3 Å². The van der Waals surface area contributed by atoms with E-state index in [0.717, 1.165) is 11.1 Å². The third kappa shape index (κ3) is 4.74. The second kappa shape index (κ2) is 9.01. The number of nitrogen functional groups attached to an aromatic ring is 1. The van der Waals surface area contributed by atoms with Gasteiger partial charge >= 0.3 is 0 Å². The number of hydrogen-bond donors (Lipinski definition) is 2. The molecule has 6 heteroatoms. The molecular formula is C20H24ClFN2O2. The van der Waals surface area contributed by atoms with Crippen LogP contribution in [0.15, 0.2) is 48.5 Å². The Labute approximate surface area is 159 Å². The van der Waals surface area contributed by atoms with E-state index in [1.54, 1.807) is 6.07 Å². The van der Waals surface area contributed by atoms with Gasteiger partial charge in [-0.3, -0.25) is 4.79 Å². The highest BCUT2D eigenvalue weighted by atomic mass is 35.5. The second-order valence-electron chi connectivity index (χ2n) is 6.45. The number of amides is 1. The van der Waals surface area contributed by atoms with E-state index in [1.807, 2.05) is 30.3 Å². The molecule has 0 aliphatic carbocycles. The summed E-state index contributed by atoms with van der Waals surface area (Å²) in [7, 11) is 0. The molecule has 140 valence electrons. The molecule has 26 heavy (non-hydrogen) atoms. The van der Waals surface area contributed by atoms with Crippen molar-refractivity contribution in [2.24, 2.45) is 0 Å². The van der Waals surface area contributed by atoms with E-state index in [9.17, 15) is 9.18 Å². The van der Waals surface area contributed by atoms with Crippen molar-refractivity contribution >= 4 is 24.0 Å². The molecule has 3 rings (SSSR count). The molecule has 0 aromatic heterocycles. The summed E-state index contributed by atoms with van der Waals surface area (Å²) >= 11 is 0. The number of aryl methyl sites for hydroxylation is 1. The third-order valence-electron chi connectivity index (χ3n) is 4.78. The van der Waals surface area contributed by atoms with Crippen molar-refractivity contribution in [1.82, 2.24) is 5.32 Å². The minimum absolute atomic E-state index is 0. The maximum atomic E-state index is 13.7. The lowest BCUT2D eigenvalue weighted by molar-refractivity contribution is -0.124. The third-order valence-corrected chi connectivity index (χ3v) is 4.78. The maximum Gasteiger partial charge on any atom is 0.221 e. The molecule has 2 aromatic carbocycles. The van der Waals surface area contributed by atoms with E-state index < -0.39 is 5.54 Å². The number of rotatable bonds is 5. The Morgan fingerprint density at radius 3 is 2.58 bits per heavy atom. The van der Waals surface area contributed by atoms with Gasteiger partial charge in [0.1, 0.15) is 5.82 Å². The first kappa shape index (κ1) is 20.2. The van der Waals surface area contributed by atoms with Gasteiger partial charge in [0, 0.05) is 25.3 Å². The number of para-hydroxylation sites is 1. The van der Waals surface area contributed by atoms with Crippen LogP contribution in [-0.4, -0.2) is 19.1 Å². The molecule has 1 fully saturated rings. The number of hydrogen-bond acceptors (Lipinski definition) is 3. The zero-order valence-electron chi connectivity index (χ0n) is 14.5. The second-order valence-corrected chi connectivity index (χ2v) is 6.45. The van der Waals surface area contributed by atoms with Gasteiger partial charge in [0.25, 0.3) is 0 Å². The van der Waals surface area contributed by atoms with Crippen LogP contribution in [0.25, 0.3) is 0 Å². The van der Waals surface area contributed by atoms with Gasteiger partial charge in [-0.25, -0.2) is 4.39 Å². The van der Waals surface area contributed by atoms with E-state index >= 15 is 0 Å². The topological polar surface area (TPSA) is 64.4 Å². The monoisotopic (exact) mass is 378 g/mol. The summed E-state index contributed by atoms with van der Waals surface area (Å²) in [5, 5.41) is 3.14. The smallest absolute Gasteiger partial charge is 0.221 e. The highest BCUT2D eigenvalue weighted by Crippen LogP contribution is 2.32. The molecule has 2 aromatic rings. The van der Waals surface area contributed by atoms with Crippen LogP contribution in [0, 0.1) is 5.82 Å². The Kier molecular flexibility index (Phi) is 7.00. The van der Waals surface area contributed by atoms with E-state index in [1.165, 1.54) is 12.1 Å². The van der Waals surface area contributed by atoms with Crippen LogP contribution in [0.1, 0.15) is 30.4 Å². The molecule has 4 nitrogen and oxygen atoms in total. The average molecular weight is 379 g/mol. The lowest BCUT2D eigenvalue weighted by Gasteiger charge is -2.38. The lowest BCUT2D eigenvalue weighted by atomic mass is 9.82. The van der Waals surface area contributed by atoms with E-state index in [-0.39, 0.29) is 24.1 Å². The standard InChI is InChI=1S/C20H23FN2O2.ClH/c21-17-6-3-5-16(14-17)20(10-12-25-13-11-20)23-19(24)9-8-15-4-1-2-7-18(15)22;/h1-7,14H,8-13,22H2,(H,23,24);1H. The van der Waals surface area contributed by atoms with E-state index in [2.05, 4.69) is 5.32 Å². The lowest BCUT2D eigenvalue weighted by Crippen LogP contribution is -2.49. The number of halogens is 2. The quantitative estimate of drug-likeness (QED) is 0.781. The molecule has 0 saturated carbocycles. The Bertz CT molecular complexity index is 748. The number of carbonyl (C=O) groups is 1. The van der Waals surface area contributed by atoms with Crippen molar-refractivity contribution in [3.63, 3.8) is 0 Å². The normalized spacial score (nSPS) is 15.7. The zero-order valence-corrected chi connectivity index (χ0v) is 15.4. The van der Waals surface area contributed by atoms with Crippen molar-refractivity contribution in [2.45, 2.75) is 31.2 Å². The van der Waals surface area contributed by atoms with Gasteiger partial charge in [0.2, 0.25) is 5.91 Å². The molecule has 0 atom stereocenters. The molecular weight excluding hydrogens is 355 g/mol. The number of nitrogens with two attached hydrogens (primary N) is 1. The largest absolute Gasteiger partial charge is 0.399 e. The van der Waals surface area contributed by atoms with Crippen LogP contribution in [0.5, 0.6) is 0 Å². The molecule has 3 N–H and O–H groups in total. The Hall–Kier alpha value is -2.11. The van der Waals surface area contributed by atoms with Crippen LogP contribution >= 0.6 is 12.4 Å². The van der Waals surface area contributed by atoms with Gasteiger partial charge in [-0.2, -0.15) is 0 Å². The number of benzene rings is 2. The summed E-state index contributed by atoms with van der Waals surface area (Å²) in [6.07, 6.45) is 2.19. The fourth-order valence-corrected chi connectivity index (χ4v) is 3.33. The summed E-state index contributed by atoms with van der Waals surface area (Å²) in [5.74, 6) is -0.357. The predicted octanol–water partition coefficient (Wildman–Crippen LogP) is 3.58. The van der Waals surface area contributed by atoms with Gasteiger partial charge < -0.3 is 15.8 Å². The fraction of sp³-hybridized carbons (Fsp3) is 0.350. The summed E-state index contributed by atoms with van der Waals surface area (Å²) in [4.78, 5) is 12.6. The van der Waals surface area contributed by atoms with Crippen LogP contribution in [0.4, 0.5) is 10.1 Å². The summed E-state index contributed by atoms with van der Waals surface area (Å²) in [6, 6.07) is 14.0. The molecule has 0 bridgehead atoms. The van der Waals surface area contributed by atoms with Crippen LogP contribution in [0.2, 0.25) is 0 Å². The zero-order chi connectivity index (χ0) is 17.7. The van der Waals surface area contributed by atoms with Gasteiger partial charge in [0.15, 0.2) is 0 Å². The van der Waals surface area contributed by atoms with Gasteiger partial charge in [-0.15, -0.1) is 12.4 Å². The molecule has 0 radical (unpaired) electrons.